The van der Waals surface area contributed by atoms with Gasteiger partial charge in [0.25, 0.3) is 0 Å². The number of hydrogen-bond acceptors (Lipinski definition) is 2. The smallest absolute Gasteiger partial charge is 0.150 e. The summed E-state index contributed by atoms with van der Waals surface area (Å²) < 4.78 is 0. The van der Waals surface area contributed by atoms with Gasteiger partial charge in [-0.15, -0.1) is 0 Å². The Labute approximate surface area is 76.2 Å². The molecule has 0 unspecified atom stereocenters. The first-order chi connectivity index (χ1) is 6.29. The fraction of sp³-hybridized carbons (Fsp3) is 0.0909. The molecule has 2 aromatic rings. The van der Waals surface area contributed by atoms with Crippen molar-refractivity contribution in [3.63, 3.8) is 0 Å². The Morgan fingerprint density at radius 2 is 2.00 bits per heavy atom. The van der Waals surface area contributed by atoms with Crippen molar-refractivity contribution < 1.29 is 4.79 Å². The molecule has 0 saturated heterocycles. The normalized spacial score (nSPS) is 10.2. The zero-order chi connectivity index (χ0) is 9.26. The molecule has 0 atom stereocenters. The van der Waals surface area contributed by atoms with E-state index in [1.165, 1.54) is 0 Å². The molecule has 1 aromatic carbocycles. The first kappa shape index (κ1) is 7.92. The maximum Gasteiger partial charge on any atom is 0.150 e. The number of pyridine rings is 1. The Kier molecular flexibility index (Phi) is 1.81. The molecular weight excluding hydrogens is 162 g/mol. The fourth-order valence-electron chi connectivity index (χ4n) is 1.31. The summed E-state index contributed by atoms with van der Waals surface area (Å²) in [6, 6.07) is 9.47. The van der Waals surface area contributed by atoms with Gasteiger partial charge in [-0.05, 0) is 19.1 Å². The first-order valence-corrected chi connectivity index (χ1v) is 4.12. The number of nitrogens with zero attached hydrogens (tertiary/aromatic N) is 1. The third-order valence-corrected chi connectivity index (χ3v) is 1.99. The summed E-state index contributed by atoms with van der Waals surface area (Å²) in [6.07, 6.45) is 0.837. The quantitative estimate of drug-likeness (QED) is 0.616. The largest absolute Gasteiger partial charge is 0.298 e. The molecule has 64 valence electrons. The van der Waals surface area contributed by atoms with E-state index in [0.29, 0.717) is 5.56 Å². The minimum Gasteiger partial charge on any atom is -0.298 e. The van der Waals surface area contributed by atoms with Crippen LogP contribution in [0.15, 0.2) is 30.3 Å². The molecule has 0 bridgehead atoms. The Balaban J connectivity index is 2.74. The van der Waals surface area contributed by atoms with Gasteiger partial charge in [0.2, 0.25) is 0 Å². The zero-order valence-electron chi connectivity index (χ0n) is 7.32. The molecule has 0 aliphatic carbocycles. The van der Waals surface area contributed by atoms with Gasteiger partial charge in [-0.1, -0.05) is 18.2 Å². The predicted octanol–water partition coefficient (Wildman–Crippen LogP) is 2.36. The summed E-state index contributed by atoms with van der Waals surface area (Å²) in [5.74, 6) is 0. The second kappa shape index (κ2) is 2.98. The highest BCUT2D eigenvalue weighted by molar-refractivity contribution is 5.86. The fourth-order valence-corrected chi connectivity index (χ4v) is 1.31. The standard InChI is InChI=1S/C11H9NO/c1-8-2-4-10-5-3-9(7-13)6-11(10)12-8/h2-7H,1H3. The van der Waals surface area contributed by atoms with Crippen molar-refractivity contribution in [2.24, 2.45) is 0 Å². The second-order valence-corrected chi connectivity index (χ2v) is 3.02. The van der Waals surface area contributed by atoms with Gasteiger partial charge in [0.15, 0.2) is 0 Å². The Morgan fingerprint density at radius 3 is 2.77 bits per heavy atom. The first-order valence-electron chi connectivity index (χ1n) is 4.12. The molecule has 2 nitrogen and oxygen atoms in total. The summed E-state index contributed by atoms with van der Waals surface area (Å²) in [5, 5.41) is 1.07. The van der Waals surface area contributed by atoms with Crippen molar-refractivity contribution in [3.8, 4) is 0 Å². The Bertz CT molecular complexity index is 463. The average Bonchev–Trinajstić information content (AvgIpc) is 2.16. The van der Waals surface area contributed by atoms with Crippen LogP contribution in [0.5, 0.6) is 0 Å². The minimum absolute atomic E-state index is 0.672. The Morgan fingerprint density at radius 1 is 1.23 bits per heavy atom. The van der Waals surface area contributed by atoms with Crippen molar-refractivity contribution in [2.75, 3.05) is 0 Å². The molecule has 0 saturated carbocycles. The van der Waals surface area contributed by atoms with E-state index in [0.717, 1.165) is 22.9 Å². The number of benzene rings is 1. The van der Waals surface area contributed by atoms with Crippen LogP contribution in [0.3, 0.4) is 0 Å². The lowest BCUT2D eigenvalue weighted by Gasteiger charge is -1.98. The van der Waals surface area contributed by atoms with Gasteiger partial charge in [0.1, 0.15) is 6.29 Å². The topological polar surface area (TPSA) is 30.0 Å². The highest BCUT2D eigenvalue weighted by Crippen LogP contribution is 2.13. The third kappa shape index (κ3) is 1.43. The van der Waals surface area contributed by atoms with Crippen molar-refractivity contribution in [1.29, 1.82) is 0 Å². The van der Waals surface area contributed by atoms with Crippen LogP contribution in [0.2, 0.25) is 0 Å². The maximum atomic E-state index is 10.5. The van der Waals surface area contributed by atoms with E-state index in [4.69, 9.17) is 0 Å². The van der Waals surface area contributed by atoms with Gasteiger partial charge in [-0.3, -0.25) is 9.78 Å². The lowest BCUT2D eigenvalue weighted by Crippen LogP contribution is -1.85. The van der Waals surface area contributed by atoms with Gasteiger partial charge in [-0.25, -0.2) is 0 Å². The van der Waals surface area contributed by atoms with Crippen LogP contribution >= 0.6 is 0 Å². The van der Waals surface area contributed by atoms with Crippen molar-refractivity contribution in [3.05, 3.63) is 41.6 Å². The predicted molar refractivity (Wildman–Crippen MR) is 51.9 cm³/mol. The van der Waals surface area contributed by atoms with E-state index < -0.39 is 0 Å². The number of aldehydes is 1. The lowest BCUT2D eigenvalue weighted by atomic mass is 10.1. The van der Waals surface area contributed by atoms with Crippen LogP contribution in [0.1, 0.15) is 16.1 Å². The van der Waals surface area contributed by atoms with Crippen molar-refractivity contribution >= 4 is 17.2 Å². The van der Waals surface area contributed by atoms with E-state index in [1.54, 1.807) is 12.1 Å². The number of rotatable bonds is 1. The minimum atomic E-state index is 0.672. The number of carbonyl (C=O) groups excluding carboxylic acids is 1. The molecule has 2 rings (SSSR count). The number of carbonyl (C=O) groups is 1. The van der Waals surface area contributed by atoms with E-state index >= 15 is 0 Å². The molecule has 0 amide bonds. The molecule has 1 aromatic heterocycles. The number of hydrogen-bond donors (Lipinski definition) is 0. The van der Waals surface area contributed by atoms with Crippen molar-refractivity contribution in [1.82, 2.24) is 4.98 Å². The van der Waals surface area contributed by atoms with Crippen LogP contribution in [0.25, 0.3) is 10.9 Å². The van der Waals surface area contributed by atoms with Gasteiger partial charge in [-0.2, -0.15) is 0 Å². The zero-order valence-corrected chi connectivity index (χ0v) is 7.32. The maximum absolute atomic E-state index is 10.5. The second-order valence-electron chi connectivity index (χ2n) is 3.02. The van der Waals surface area contributed by atoms with Crippen LogP contribution in [0, 0.1) is 6.92 Å². The van der Waals surface area contributed by atoms with E-state index in [-0.39, 0.29) is 0 Å². The summed E-state index contributed by atoms with van der Waals surface area (Å²) in [4.78, 5) is 14.8. The summed E-state index contributed by atoms with van der Waals surface area (Å²) in [6.45, 7) is 1.94. The third-order valence-electron chi connectivity index (χ3n) is 1.99. The summed E-state index contributed by atoms with van der Waals surface area (Å²) in [5.41, 5.74) is 2.52. The number of fused-ring (bicyclic) bond motifs is 1. The van der Waals surface area contributed by atoms with Gasteiger partial charge < -0.3 is 0 Å². The monoisotopic (exact) mass is 171 g/mol. The van der Waals surface area contributed by atoms with Crippen LogP contribution in [-0.2, 0) is 0 Å². The Hall–Kier alpha value is -1.70. The molecule has 0 aliphatic heterocycles. The SMILES string of the molecule is Cc1ccc2ccc(C=O)cc2n1. The molecule has 0 spiro atoms. The highest BCUT2D eigenvalue weighted by Gasteiger charge is 1.96. The van der Waals surface area contributed by atoms with E-state index in [9.17, 15) is 4.79 Å². The molecule has 1 heterocycles. The van der Waals surface area contributed by atoms with Gasteiger partial charge in [0.05, 0.1) is 5.52 Å². The summed E-state index contributed by atoms with van der Waals surface area (Å²) >= 11 is 0. The number of aromatic nitrogens is 1. The lowest BCUT2D eigenvalue weighted by molar-refractivity contribution is 0.112. The highest BCUT2D eigenvalue weighted by atomic mass is 16.1. The molecular formula is C11H9NO. The summed E-state index contributed by atoms with van der Waals surface area (Å²) in [7, 11) is 0. The van der Waals surface area contributed by atoms with Crippen LogP contribution < -0.4 is 0 Å². The number of aryl methyl sites for hydroxylation is 1. The molecule has 0 aliphatic rings. The van der Waals surface area contributed by atoms with Crippen LogP contribution in [-0.4, -0.2) is 11.3 Å². The van der Waals surface area contributed by atoms with Gasteiger partial charge >= 0.3 is 0 Å². The van der Waals surface area contributed by atoms with E-state index in [2.05, 4.69) is 4.98 Å². The molecule has 13 heavy (non-hydrogen) atoms. The van der Waals surface area contributed by atoms with Crippen LogP contribution in [0.4, 0.5) is 0 Å². The van der Waals surface area contributed by atoms with Crippen molar-refractivity contribution in [2.45, 2.75) is 6.92 Å². The molecule has 0 radical (unpaired) electrons. The molecule has 2 heteroatoms. The van der Waals surface area contributed by atoms with Gasteiger partial charge in [0, 0.05) is 16.6 Å². The molecule has 0 N–H and O–H groups in total. The average molecular weight is 171 g/mol. The van der Waals surface area contributed by atoms with E-state index in [1.807, 2.05) is 25.1 Å². The molecule has 0 fully saturated rings.